The van der Waals surface area contributed by atoms with Gasteiger partial charge in [0.25, 0.3) is 5.56 Å². The Bertz CT molecular complexity index is 842. The number of phenolic OH excluding ortho intramolecular Hbond substituents is 1. The molecule has 0 radical (unpaired) electrons. The summed E-state index contributed by atoms with van der Waals surface area (Å²) in [5.74, 6) is -0.276. The molecule has 0 saturated heterocycles. The molecule has 0 unspecified atom stereocenters. The van der Waals surface area contributed by atoms with Gasteiger partial charge in [0.05, 0.1) is 11.9 Å². The predicted octanol–water partition coefficient (Wildman–Crippen LogP) is -0.0439. The monoisotopic (exact) mass is 330 g/mol. The molecule has 0 spiro atoms. The summed E-state index contributed by atoms with van der Waals surface area (Å²) in [7, 11) is 0. The van der Waals surface area contributed by atoms with Crippen LogP contribution < -0.4 is 16.2 Å². The number of aromatic nitrogens is 2. The van der Waals surface area contributed by atoms with Crippen LogP contribution in [-0.4, -0.2) is 39.5 Å². The molecule has 2 amide bonds. The van der Waals surface area contributed by atoms with E-state index in [0.717, 1.165) is 12.8 Å². The van der Waals surface area contributed by atoms with Gasteiger partial charge >= 0.3 is 0 Å². The average Bonchev–Trinajstić information content (AvgIpc) is 3.36. The highest BCUT2D eigenvalue weighted by Crippen LogP contribution is 2.19. The van der Waals surface area contributed by atoms with Crippen molar-refractivity contribution in [1.82, 2.24) is 20.6 Å². The van der Waals surface area contributed by atoms with Crippen molar-refractivity contribution >= 4 is 22.7 Å². The van der Waals surface area contributed by atoms with E-state index in [-0.39, 0.29) is 54.1 Å². The highest BCUT2D eigenvalue weighted by Gasteiger charge is 2.23. The number of carbonyl (C=O) groups excluding carboxylic acids is 2. The number of phenols is 1. The average molecular weight is 330 g/mol. The molecular formula is C16H18N4O4. The van der Waals surface area contributed by atoms with Gasteiger partial charge in [0.2, 0.25) is 11.8 Å². The lowest BCUT2D eigenvalue weighted by Crippen LogP contribution is -2.37. The number of rotatable bonds is 6. The highest BCUT2D eigenvalue weighted by molar-refractivity contribution is 5.85. The van der Waals surface area contributed by atoms with Crippen LogP contribution in [0.5, 0.6) is 5.75 Å². The number of benzene rings is 1. The van der Waals surface area contributed by atoms with Crippen LogP contribution in [0.3, 0.4) is 0 Å². The molecule has 1 heterocycles. The molecule has 2 aromatic rings. The topological polar surface area (TPSA) is 124 Å². The fraction of sp³-hybridized carbons (Fsp3) is 0.375. The molecule has 8 heteroatoms. The summed E-state index contributed by atoms with van der Waals surface area (Å²) in [6.07, 6.45) is 2.27. The second kappa shape index (κ2) is 6.69. The zero-order valence-electron chi connectivity index (χ0n) is 13.0. The van der Waals surface area contributed by atoms with Crippen molar-refractivity contribution in [2.75, 3.05) is 6.54 Å². The molecule has 0 atom stereocenters. The summed E-state index contributed by atoms with van der Waals surface area (Å²) < 4.78 is 0. The number of aromatic amines is 1. The molecule has 24 heavy (non-hydrogen) atoms. The van der Waals surface area contributed by atoms with E-state index < -0.39 is 0 Å². The first-order chi connectivity index (χ1) is 11.5. The lowest BCUT2D eigenvalue weighted by molar-refractivity contribution is -0.126. The lowest BCUT2D eigenvalue weighted by atomic mass is 10.2. The quantitative estimate of drug-likeness (QED) is 0.591. The van der Waals surface area contributed by atoms with E-state index in [1.165, 1.54) is 6.07 Å². The van der Waals surface area contributed by atoms with Gasteiger partial charge in [0.15, 0.2) is 0 Å². The normalized spacial score (nSPS) is 13.7. The van der Waals surface area contributed by atoms with Crippen molar-refractivity contribution in [1.29, 1.82) is 0 Å². The van der Waals surface area contributed by atoms with E-state index in [2.05, 4.69) is 20.6 Å². The number of aryl methyl sites for hydroxylation is 1. The van der Waals surface area contributed by atoms with Gasteiger partial charge in [-0.1, -0.05) is 6.07 Å². The van der Waals surface area contributed by atoms with E-state index in [4.69, 9.17) is 0 Å². The number of amides is 2. The van der Waals surface area contributed by atoms with Crippen LogP contribution in [0, 0.1) is 0 Å². The Labute approximate surface area is 137 Å². The number of H-pyrrole nitrogens is 1. The van der Waals surface area contributed by atoms with Gasteiger partial charge in [-0.05, 0) is 25.0 Å². The minimum absolute atomic E-state index is 0.0577. The van der Waals surface area contributed by atoms with Gasteiger partial charge in [-0.3, -0.25) is 14.4 Å². The number of para-hydroxylation sites is 1. The molecule has 1 aromatic heterocycles. The standard InChI is InChI=1S/C16H18N4O4/c21-11-3-1-2-10-15(11)19-12(20-16(10)24)6-7-13(22)17-8-14(23)18-9-4-5-9/h1-3,9,21H,4-8H2,(H,17,22)(H,18,23)(H,19,20,24). The first-order valence-corrected chi connectivity index (χ1v) is 7.80. The molecule has 1 aliphatic carbocycles. The Morgan fingerprint density at radius 3 is 2.83 bits per heavy atom. The van der Waals surface area contributed by atoms with Crippen molar-refractivity contribution in [3.63, 3.8) is 0 Å². The summed E-state index contributed by atoms with van der Waals surface area (Å²) in [4.78, 5) is 42.0. The van der Waals surface area contributed by atoms with Gasteiger partial charge in [-0.2, -0.15) is 0 Å². The van der Waals surface area contributed by atoms with Crippen molar-refractivity contribution in [3.8, 4) is 5.75 Å². The fourth-order valence-corrected chi connectivity index (χ4v) is 2.32. The third kappa shape index (κ3) is 3.89. The summed E-state index contributed by atoms with van der Waals surface area (Å²) in [5.41, 5.74) is -0.157. The molecule has 1 aliphatic rings. The van der Waals surface area contributed by atoms with Crippen LogP contribution in [0.25, 0.3) is 10.9 Å². The summed E-state index contributed by atoms with van der Waals surface area (Å²) >= 11 is 0. The van der Waals surface area contributed by atoms with Crippen LogP contribution >= 0.6 is 0 Å². The van der Waals surface area contributed by atoms with E-state index in [1.807, 2.05) is 0 Å². The predicted molar refractivity (Wildman–Crippen MR) is 86.5 cm³/mol. The van der Waals surface area contributed by atoms with E-state index in [0.29, 0.717) is 11.2 Å². The summed E-state index contributed by atoms with van der Waals surface area (Å²) in [5, 5.41) is 15.4. The number of fused-ring (bicyclic) bond motifs is 1. The number of nitrogens with one attached hydrogen (secondary N) is 3. The SMILES string of the molecule is O=C(CCc1nc2c(O)cccc2c(=O)[nH]1)NCC(=O)NC1CC1. The maximum absolute atomic E-state index is 12.0. The van der Waals surface area contributed by atoms with Gasteiger partial charge in [0, 0.05) is 18.9 Å². The molecule has 0 aliphatic heterocycles. The van der Waals surface area contributed by atoms with Crippen molar-refractivity contribution in [2.24, 2.45) is 0 Å². The zero-order valence-corrected chi connectivity index (χ0v) is 13.0. The number of aromatic hydroxyl groups is 1. The van der Waals surface area contributed by atoms with Gasteiger partial charge in [0.1, 0.15) is 17.1 Å². The third-order valence-corrected chi connectivity index (χ3v) is 3.74. The van der Waals surface area contributed by atoms with E-state index in [9.17, 15) is 19.5 Å². The maximum Gasteiger partial charge on any atom is 0.258 e. The van der Waals surface area contributed by atoms with Gasteiger partial charge in [-0.25, -0.2) is 4.98 Å². The number of nitrogens with zero attached hydrogens (tertiary/aromatic N) is 1. The third-order valence-electron chi connectivity index (χ3n) is 3.74. The largest absolute Gasteiger partial charge is 0.506 e. The molecule has 1 fully saturated rings. The van der Waals surface area contributed by atoms with Crippen molar-refractivity contribution in [2.45, 2.75) is 31.7 Å². The molecule has 4 N–H and O–H groups in total. The minimum atomic E-state index is -0.366. The van der Waals surface area contributed by atoms with Crippen LogP contribution in [0.2, 0.25) is 0 Å². The van der Waals surface area contributed by atoms with Crippen LogP contribution in [-0.2, 0) is 16.0 Å². The first kappa shape index (κ1) is 16.0. The minimum Gasteiger partial charge on any atom is -0.506 e. The second-order valence-electron chi connectivity index (χ2n) is 5.80. The smallest absolute Gasteiger partial charge is 0.258 e. The fourth-order valence-electron chi connectivity index (χ4n) is 2.32. The molecular weight excluding hydrogens is 312 g/mol. The molecule has 3 rings (SSSR count). The second-order valence-corrected chi connectivity index (χ2v) is 5.80. The van der Waals surface area contributed by atoms with Crippen LogP contribution in [0.1, 0.15) is 25.1 Å². The Kier molecular flexibility index (Phi) is 4.45. The molecule has 1 saturated carbocycles. The highest BCUT2D eigenvalue weighted by atomic mass is 16.3. The molecule has 1 aromatic carbocycles. The van der Waals surface area contributed by atoms with Gasteiger partial charge in [-0.15, -0.1) is 0 Å². The van der Waals surface area contributed by atoms with Crippen molar-refractivity contribution < 1.29 is 14.7 Å². The Hall–Kier alpha value is -2.90. The zero-order chi connectivity index (χ0) is 17.1. The summed E-state index contributed by atoms with van der Waals surface area (Å²) in [6.45, 7) is -0.0577. The Morgan fingerprint density at radius 2 is 2.08 bits per heavy atom. The van der Waals surface area contributed by atoms with Crippen molar-refractivity contribution in [3.05, 3.63) is 34.4 Å². The first-order valence-electron chi connectivity index (χ1n) is 7.80. The number of hydrogen-bond acceptors (Lipinski definition) is 5. The molecule has 126 valence electrons. The van der Waals surface area contributed by atoms with Crippen LogP contribution in [0.4, 0.5) is 0 Å². The van der Waals surface area contributed by atoms with Gasteiger partial charge < -0.3 is 20.7 Å². The number of carbonyl (C=O) groups is 2. The van der Waals surface area contributed by atoms with Crippen LogP contribution in [0.15, 0.2) is 23.0 Å². The summed E-state index contributed by atoms with van der Waals surface area (Å²) in [6, 6.07) is 4.84. The lowest BCUT2D eigenvalue weighted by Gasteiger charge is -2.06. The maximum atomic E-state index is 12.0. The molecule has 0 bridgehead atoms. The Balaban J connectivity index is 1.56. The van der Waals surface area contributed by atoms with E-state index >= 15 is 0 Å². The molecule has 8 nitrogen and oxygen atoms in total. The van der Waals surface area contributed by atoms with E-state index in [1.54, 1.807) is 12.1 Å². The number of hydrogen-bond donors (Lipinski definition) is 4. The Morgan fingerprint density at radius 1 is 1.29 bits per heavy atom.